The minimum Gasteiger partial charge on any atom is -0.384 e. The highest BCUT2D eigenvalue weighted by molar-refractivity contribution is 5.94. The van der Waals surface area contributed by atoms with Gasteiger partial charge in [-0.3, -0.25) is 4.79 Å². The molecular formula is C15H23N3O. The van der Waals surface area contributed by atoms with E-state index in [-0.39, 0.29) is 5.91 Å². The van der Waals surface area contributed by atoms with Crippen LogP contribution >= 0.6 is 0 Å². The van der Waals surface area contributed by atoms with Gasteiger partial charge in [0.05, 0.1) is 0 Å². The Bertz CT molecular complexity index is 455. The number of carbonyl (C=O) groups is 1. The monoisotopic (exact) mass is 261 g/mol. The second kappa shape index (κ2) is 6.04. The third-order valence-electron chi connectivity index (χ3n) is 3.75. The van der Waals surface area contributed by atoms with Crippen molar-refractivity contribution in [2.45, 2.75) is 39.0 Å². The van der Waals surface area contributed by atoms with Gasteiger partial charge < -0.3 is 10.6 Å². The highest BCUT2D eigenvalue weighted by atomic mass is 16.2. The van der Waals surface area contributed by atoms with Gasteiger partial charge in [0, 0.05) is 24.8 Å². The molecule has 2 N–H and O–H groups in total. The van der Waals surface area contributed by atoms with Gasteiger partial charge in [-0.15, -0.1) is 0 Å². The summed E-state index contributed by atoms with van der Waals surface area (Å²) >= 11 is 0. The number of hydrogen-bond donors (Lipinski definition) is 1. The average molecular weight is 261 g/mol. The third-order valence-corrected chi connectivity index (χ3v) is 3.75. The van der Waals surface area contributed by atoms with Crippen molar-refractivity contribution in [3.63, 3.8) is 0 Å². The second-order valence-corrected chi connectivity index (χ2v) is 5.50. The largest absolute Gasteiger partial charge is 0.384 e. The van der Waals surface area contributed by atoms with Gasteiger partial charge in [0.1, 0.15) is 5.82 Å². The molecule has 0 saturated heterocycles. The maximum atomic E-state index is 12.4. The first-order valence-electron chi connectivity index (χ1n) is 7.12. The fraction of sp³-hybridized carbons (Fsp3) is 0.600. The summed E-state index contributed by atoms with van der Waals surface area (Å²) in [5.74, 6) is 1.17. The SMILES string of the molecule is CCCc1cc(C(=O)N(C)CC2CCC2)cc(N)n1. The van der Waals surface area contributed by atoms with Crippen LogP contribution in [-0.4, -0.2) is 29.4 Å². The summed E-state index contributed by atoms with van der Waals surface area (Å²) < 4.78 is 0. The molecule has 1 aromatic rings. The highest BCUT2D eigenvalue weighted by Crippen LogP contribution is 2.27. The lowest BCUT2D eigenvalue weighted by molar-refractivity contribution is 0.0745. The Kier molecular flexibility index (Phi) is 4.40. The van der Waals surface area contributed by atoms with Gasteiger partial charge in [0.2, 0.25) is 0 Å². The number of pyridine rings is 1. The number of nitrogen functional groups attached to an aromatic ring is 1. The predicted octanol–water partition coefficient (Wildman–Crippen LogP) is 2.49. The number of hydrogen-bond acceptors (Lipinski definition) is 3. The number of nitrogens with zero attached hydrogens (tertiary/aromatic N) is 2. The molecule has 0 unspecified atom stereocenters. The minimum atomic E-state index is 0.0540. The van der Waals surface area contributed by atoms with Crippen LogP contribution in [0.25, 0.3) is 0 Å². The molecule has 19 heavy (non-hydrogen) atoms. The van der Waals surface area contributed by atoms with Crippen molar-refractivity contribution in [3.05, 3.63) is 23.4 Å². The van der Waals surface area contributed by atoms with Gasteiger partial charge >= 0.3 is 0 Å². The summed E-state index contributed by atoms with van der Waals surface area (Å²) in [4.78, 5) is 18.4. The van der Waals surface area contributed by atoms with Gasteiger partial charge in [-0.1, -0.05) is 19.8 Å². The van der Waals surface area contributed by atoms with E-state index in [0.29, 0.717) is 17.3 Å². The highest BCUT2D eigenvalue weighted by Gasteiger charge is 2.22. The molecule has 1 saturated carbocycles. The van der Waals surface area contributed by atoms with Crippen LogP contribution in [0.5, 0.6) is 0 Å². The van der Waals surface area contributed by atoms with E-state index < -0.39 is 0 Å². The first-order valence-corrected chi connectivity index (χ1v) is 7.12. The van der Waals surface area contributed by atoms with Crippen molar-refractivity contribution in [2.24, 2.45) is 5.92 Å². The second-order valence-electron chi connectivity index (χ2n) is 5.50. The van der Waals surface area contributed by atoms with Crippen LogP contribution in [0, 0.1) is 5.92 Å². The van der Waals surface area contributed by atoms with Crippen molar-refractivity contribution < 1.29 is 4.79 Å². The van der Waals surface area contributed by atoms with Crippen LogP contribution in [0.2, 0.25) is 0 Å². The third kappa shape index (κ3) is 3.46. The number of carbonyl (C=O) groups excluding carboxylic acids is 1. The molecule has 1 aliphatic rings. The molecule has 0 bridgehead atoms. The first-order chi connectivity index (χ1) is 9.10. The number of aryl methyl sites for hydroxylation is 1. The molecule has 0 aliphatic heterocycles. The molecule has 0 atom stereocenters. The van der Waals surface area contributed by atoms with E-state index in [4.69, 9.17) is 5.73 Å². The van der Waals surface area contributed by atoms with Gasteiger partial charge in [0.25, 0.3) is 5.91 Å². The summed E-state index contributed by atoms with van der Waals surface area (Å²) in [6.45, 7) is 2.94. The van der Waals surface area contributed by atoms with E-state index in [1.165, 1.54) is 19.3 Å². The quantitative estimate of drug-likeness (QED) is 0.886. The topological polar surface area (TPSA) is 59.2 Å². The normalized spacial score (nSPS) is 15.1. The summed E-state index contributed by atoms with van der Waals surface area (Å²) in [7, 11) is 1.87. The van der Waals surface area contributed by atoms with Crippen molar-refractivity contribution in [1.82, 2.24) is 9.88 Å². The standard InChI is InChI=1S/C15H23N3O/c1-3-5-13-8-12(9-14(16)17-13)15(19)18(2)10-11-6-4-7-11/h8-9,11H,3-7,10H2,1-2H3,(H2,16,17). The molecule has 1 aromatic heterocycles. The smallest absolute Gasteiger partial charge is 0.253 e. The van der Waals surface area contributed by atoms with Crippen LogP contribution in [0.1, 0.15) is 48.7 Å². The van der Waals surface area contributed by atoms with Crippen LogP contribution in [0.4, 0.5) is 5.82 Å². The molecule has 104 valence electrons. The zero-order chi connectivity index (χ0) is 13.8. The van der Waals surface area contributed by atoms with Crippen LogP contribution in [0.15, 0.2) is 12.1 Å². The zero-order valence-corrected chi connectivity index (χ0v) is 11.9. The maximum absolute atomic E-state index is 12.4. The molecule has 0 radical (unpaired) electrons. The Balaban J connectivity index is 2.08. The van der Waals surface area contributed by atoms with E-state index in [2.05, 4.69) is 11.9 Å². The molecule has 0 spiro atoms. The number of rotatable bonds is 5. The van der Waals surface area contributed by atoms with Gasteiger partial charge in [0.15, 0.2) is 0 Å². The first kappa shape index (κ1) is 13.8. The molecule has 1 heterocycles. The van der Waals surface area contributed by atoms with Gasteiger partial charge in [-0.25, -0.2) is 4.98 Å². The van der Waals surface area contributed by atoms with Crippen molar-refractivity contribution in [2.75, 3.05) is 19.3 Å². The van der Waals surface area contributed by atoms with Crippen LogP contribution < -0.4 is 5.73 Å². The molecule has 4 heteroatoms. The minimum absolute atomic E-state index is 0.0540. The van der Waals surface area contributed by atoms with E-state index in [0.717, 1.165) is 25.1 Å². The van der Waals surface area contributed by atoms with Crippen molar-refractivity contribution >= 4 is 11.7 Å². The average Bonchev–Trinajstić information content (AvgIpc) is 2.32. The Morgan fingerprint density at radius 1 is 1.47 bits per heavy atom. The lowest BCUT2D eigenvalue weighted by atomic mass is 9.85. The fourth-order valence-electron chi connectivity index (χ4n) is 2.48. The summed E-state index contributed by atoms with van der Waals surface area (Å²) in [5, 5.41) is 0. The summed E-state index contributed by atoms with van der Waals surface area (Å²) in [6, 6.07) is 3.55. The number of amides is 1. The number of aromatic nitrogens is 1. The van der Waals surface area contributed by atoms with Crippen molar-refractivity contribution in [1.29, 1.82) is 0 Å². The molecule has 1 amide bonds. The van der Waals surface area contributed by atoms with E-state index in [9.17, 15) is 4.79 Å². The fourth-order valence-corrected chi connectivity index (χ4v) is 2.48. The molecule has 1 fully saturated rings. The Morgan fingerprint density at radius 3 is 2.79 bits per heavy atom. The number of anilines is 1. The van der Waals surface area contributed by atoms with E-state index in [1.807, 2.05) is 18.0 Å². The lowest BCUT2D eigenvalue weighted by Crippen LogP contribution is -2.34. The molecule has 0 aromatic carbocycles. The van der Waals surface area contributed by atoms with Gasteiger partial charge in [-0.2, -0.15) is 0 Å². The Labute approximate surface area is 115 Å². The molecule has 1 aliphatic carbocycles. The van der Waals surface area contributed by atoms with Crippen molar-refractivity contribution in [3.8, 4) is 0 Å². The van der Waals surface area contributed by atoms with Gasteiger partial charge in [-0.05, 0) is 37.3 Å². The Hall–Kier alpha value is -1.58. The van der Waals surface area contributed by atoms with E-state index >= 15 is 0 Å². The van der Waals surface area contributed by atoms with E-state index in [1.54, 1.807) is 6.07 Å². The molecule has 2 rings (SSSR count). The zero-order valence-electron chi connectivity index (χ0n) is 11.9. The van der Waals surface area contributed by atoms with Crippen LogP contribution in [0.3, 0.4) is 0 Å². The predicted molar refractivity (Wildman–Crippen MR) is 76.9 cm³/mol. The lowest BCUT2D eigenvalue weighted by Gasteiger charge is -2.30. The number of nitrogens with two attached hydrogens (primary N) is 1. The summed E-state index contributed by atoms with van der Waals surface area (Å²) in [6.07, 6.45) is 5.66. The Morgan fingerprint density at radius 2 is 2.21 bits per heavy atom. The molecular weight excluding hydrogens is 238 g/mol. The molecule has 4 nitrogen and oxygen atoms in total. The maximum Gasteiger partial charge on any atom is 0.253 e. The van der Waals surface area contributed by atoms with Crippen LogP contribution in [-0.2, 0) is 6.42 Å². The summed E-state index contributed by atoms with van der Waals surface area (Å²) in [5.41, 5.74) is 7.35.